The van der Waals surface area contributed by atoms with E-state index in [9.17, 15) is 18.3 Å². The number of nitrogens with zero attached hydrogens (tertiary/aromatic N) is 1. The number of halogens is 3. The number of ether oxygens (including phenoxy) is 1. The van der Waals surface area contributed by atoms with Crippen LogP contribution < -0.4 is 10.1 Å². The van der Waals surface area contributed by atoms with E-state index in [2.05, 4.69) is 17.1 Å². The van der Waals surface area contributed by atoms with Gasteiger partial charge in [-0.3, -0.25) is 4.90 Å². The number of aryl methyl sites for hydroxylation is 1. The molecule has 2 aliphatic heterocycles. The minimum absolute atomic E-state index is 0.0524. The summed E-state index contributed by atoms with van der Waals surface area (Å²) < 4.78 is 48.1. The van der Waals surface area contributed by atoms with E-state index in [0.717, 1.165) is 30.8 Å². The zero-order valence-electron chi connectivity index (χ0n) is 21.2. The lowest BCUT2D eigenvalue weighted by molar-refractivity contribution is -0.140. The van der Waals surface area contributed by atoms with Gasteiger partial charge < -0.3 is 15.2 Å². The van der Waals surface area contributed by atoms with Crippen molar-refractivity contribution in [2.45, 2.75) is 75.8 Å². The van der Waals surface area contributed by atoms with Gasteiger partial charge in [-0.25, -0.2) is 0 Å². The molecule has 0 spiro atoms. The van der Waals surface area contributed by atoms with Gasteiger partial charge in [0.05, 0.1) is 11.2 Å². The average Bonchev–Trinajstić information content (AvgIpc) is 3.68. The SMILES string of the molecule is Cc1cc(C(F)(F)F)c(OCc2ccccc2)cc1C12CCNCCC1(O)C(C)N(CC1CC1)CC2. The summed E-state index contributed by atoms with van der Waals surface area (Å²) in [6.45, 7) is 7.14. The maximum absolute atomic E-state index is 14.1. The summed E-state index contributed by atoms with van der Waals surface area (Å²) >= 11 is 0. The molecule has 1 aliphatic carbocycles. The lowest BCUT2D eigenvalue weighted by atomic mass is 9.57. The first-order valence-electron chi connectivity index (χ1n) is 13.2. The minimum Gasteiger partial charge on any atom is -0.488 e. The van der Waals surface area contributed by atoms with Crippen LogP contribution in [0.3, 0.4) is 0 Å². The lowest BCUT2D eigenvalue weighted by Gasteiger charge is -2.58. The number of aliphatic hydroxyl groups is 1. The monoisotopic (exact) mass is 502 g/mol. The average molecular weight is 503 g/mol. The third-order valence-electron chi connectivity index (χ3n) is 8.88. The number of hydrogen-bond acceptors (Lipinski definition) is 4. The number of hydrogen-bond donors (Lipinski definition) is 2. The van der Waals surface area contributed by atoms with Gasteiger partial charge in [-0.1, -0.05) is 30.3 Å². The molecular weight excluding hydrogens is 465 g/mol. The van der Waals surface area contributed by atoms with Gasteiger partial charge in [0, 0.05) is 18.0 Å². The molecule has 4 nitrogen and oxygen atoms in total. The molecular formula is C29H37F3N2O2. The summed E-state index contributed by atoms with van der Waals surface area (Å²) in [5, 5.41) is 15.9. The minimum atomic E-state index is -4.53. The summed E-state index contributed by atoms with van der Waals surface area (Å²) in [7, 11) is 0. The largest absolute Gasteiger partial charge is 0.488 e. The Morgan fingerprint density at radius 3 is 2.50 bits per heavy atom. The number of rotatable bonds is 6. The molecule has 0 amide bonds. The Bertz CT molecular complexity index is 1070. The lowest BCUT2D eigenvalue weighted by Crippen LogP contribution is -2.68. The van der Waals surface area contributed by atoms with Crippen LogP contribution in [-0.2, 0) is 18.2 Å². The second-order valence-corrected chi connectivity index (χ2v) is 11.1. The van der Waals surface area contributed by atoms with Crippen molar-refractivity contribution in [3.63, 3.8) is 0 Å². The summed E-state index contributed by atoms with van der Waals surface area (Å²) in [4.78, 5) is 2.41. The predicted molar refractivity (Wildman–Crippen MR) is 134 cm³/mol. The fraction of sp³-hybridized carbons (Fsp3) is 0.586. The summed E-state index contributed by atoms with van der Waals surface area (Å²) in [5.41, 5.74) is -0.284. The van der Waals surface area contributed by atoms with Crippen molar-refractivity contribution in [1.29, 1.82) is 0 Å². The van der Waals surface area contributed by atoms with Gasteiger partial charge in [0.25, 0.3) is 0 Å². The van der Waals surface area contributed by atoms with E-state index in [-0.39, 0.29) is 18.4 Å². The molecule has 2 N–H and O–H groups in total. The second-order valence-electron chi connectivity index (χ2n) is 11.1. The summed E-state index contributed by atoms with van der Waals surface area (Å²) in [6.07, 6.45) is -0.0871. The van der Waals surface area contributed by atoms with Crippen molar-refractivity contribution >= 4 is 0 Å². The smallest absolute Gasteiger partial charge is 0.419 e. The van der Waals surface area contributed by atoms with E-state index in [1.807, 2.05) is 30.3 Å². The zero-order valence-corrected chi connectivity index (χ0v) is 21.2. The Hall–Kier alpha value is -2.09. The molecule has 7 heteroatoms. The molecule has 0 bridgehead atoms. The molecule has 1 saturated carbocycles. The highest BCUT2D eigenvalue weighted by Crippen LogP contribution is 2.53. The van der Waals surface area contributed by atoms with Crippen molar-refractivity contribution in [3.8, 4) is 5.75 Å². The fourth-order valence-corrected chi connectivity index (χ4v) is 6.61. The predicted octanol–water partition coefficient (Wildman–Crippen LogP) is 5.45. The normalized spacial score (nSPS) is 29.4. The number of fused-ring (bicyclic) bond motifs is 1. The molecule has 3 unspecified atom stereocenters. The highest BCUT2D eigenvalue weighted by molar-refractivity contribution is 5.49. The molecule has 196 valence electrons. The van der Waals surface area contributed by atoms with Gasteiger partial charge in [-0.15, -0.1) is 0 Å². The Balaban J connectivity index is 1.57. The van der Waals surface area contributed by atoms with Crippen LogP contribution >= 0.6 is 0 Å². The van der Waals surface area contributed by atoms with Crippen LogP contribution in [0.5, 0.6) is 5.75 Å². The molecule has 3 fully saturated rings. The van der Waals surface area contributed by atoms with Gasteiger partial charge in [0.2, 0.25) is 0 Å². The molecule has 2 aromatic rings. The van der Waals surface area contributed by atoms with Crippen molar-refractivity contribution in [2.24, 2.45) is 5.92 Å². The third-order valence-corrected chi connectivity index (χ3v) is 8.88. The van der Waals surface area contributed by atoms with Crippen molar-refractivity contribution in [3.05, 3.63) is 64.7 Å². The quantitative estimate of drug-likeness (QED) is 0.552. The first-order chi connectivity index (χ1) is 17.1. The number of likely N-dealkylation sites (tertiary alicyclic amines) is 1. The summed E-state index contributed by atoms with van der Waals surface area (Å²) in [6, 6.07) is 12.0. The number of alkyl halides is 3. The molecule has 3 aliphatic rings. The van der Waals surface area contributed by atoms with E-state index >= 15 is 0 Å². The van der Waals surface area contributed by atoms with E-state index in [1.54, 1.807) is 13.0 Å². The van der Waals surface area contributed by atoms with Gasteiger partial charge in [-0.05, 0) is 100 Å². The number of nitrogens with one attached hydrogen (secondary N) is 1. The zero-order chi connectivity index (χ0) is 25.6. The van der Waals surface area contributed by atoms with Gasteiger partial charge in [0.1, 0.15) is 12.4 Å². The number of benzene rings is 2. The Kier molecular flexibility index (Phi) is 6.85. The maximum atomic E-state index is 14.1. The van der Waals surface area contributed by atoms with E-state index in [4.69, 9.17) is 4.74 Å². The van der Waals surface area contributed by atoms with Gasteiger partial charge in [-0.2, -0.15) is 13.2 Å². The van der Waals surface area contributed by atoms with E-state index < -0.39 is 22.8 Å². The Morgan fingerprint density at radius 1 is 1.08 bits per heavy atom. The van der Waals surface area contributed by atoms with Crippen LogP contribution in [0, 0.1) is 12.8 Å². The van der Waals surface area contributed by atoms with Crippen LogP contribution in [0.4, 0.5) is 13.2 Å². The molecule has 5 rings (SSSR count). The molecule has 2 aromatic carbocycles. The molecule has 36 heavy (non-hydrogen) atoms. The topological polar surface area (TPSA) is 44.7 Å². The highest BCUT2D eigenvalue weighted by atomic mass is 19.4. The van der Waals surface area contributed by atoms with Crippen LogP contribution in [0.15, 0.2) is 42.5 Å². The van der Waals surface area contributed by atoms with Crippen molar-refractivity contribution in [2.75, 3.05) is 26.2 Å². The first-order valence-corrected chi connectivity index (χ1v) is 13.2. The molecule has 0 aromatic heterocycles. The Labute approximate surface area is 211 Å². The second kappa shape index (κ2) is 9.66. The number of piperidine rings is 1. The van der Waals surface area contributed by atoms with Crippen LogP contribution in [0.2, 0.25) is 0 Å². The third kappa shape index (κ3) is 4.66. The fourth-order valence-electron chi connectivity index (χ4n) is 6.61. The molecule has 3 atom stereocenters. The molecule has 2 saturated heterocycles. The van der Waals surface area contributed by atoms with Crippen molar-refractivity contribution < 1.29 is 23.0 Å². The van der Waals surface area contributed by atoms with E-state index in [1.165, 1.54) is 18.9 Å². The van der Waals surface area contributed by atoms with Crippen LogP contribution in [0.1, 0.15) is 61.3 Å². The van der Waals surface area contributed by atoms with E-state index in [0.29, 0.717) is 37.3 Å². The summed E-state index contributed by atoms with van der Waals surface area (Å²) in [5.74, 6) is 0.548. The molecule has 0 radical (unpaired) electrons. The first kappa shape index (κ1) is 25.6. The standard InChI is InChI=1S/C29H37F3N2O2/c1-20-16-25(29(30,31)32)26(36-19-23-6-4-3-5-7-23)17-24(20)27-10-13-33-14-11-28(27,35)21(2)34(15-12-27)18-22-8-9-22/h3-7,16-17,21-22,33,35H,8-15,18-19H2,1-2H3. The van der Waals surface area contributed by atoms with Crippen molar-refractivity contribution in [1.82, 2.24) is 10.2 Å². The van der Waals surface area contributed by atoms with Gasteiger partial charge >= 0.3 is 6.18 Å². The highest BCUT2D eigenvalue weighted by Gasteiger charge is 2.59. The van der Waals surface area contributed by atoms with Gasteiger partial charge in [0.15, 0.2) is 0 Å². The Morgan fingerprint density at radius 2 is 1.81 bits per heavy atom. The maximum Gasteiger partial charge on any atom is 0.419 e. The molecule has 2 heterocycles. The van der Waals surface area contributed by atoms with Crippen LogP contribution in [0.25, 0.3) is 0 Å². The van der Waals surface area contributed by atoms with Crippen LogP contribution in [-0.4, -0.2) is 47.8 Å².